The minimum Gasteiger partial charge on any atom is -0.496 e. The Labute approximate surface area is 219 Å². The predicted octanol–water partition coefficient (Wildman–Crippen LogP) is 5.21. The number of carbonyl (C=O) groups is 1. The van der Waals surface area contributed by atoms with E-state index in [1.807, 2.05) is 49.1 Å². The van der Waals surface area contributed by atoms with Crippen LogP contribution in [0.15, 0.2) is 47.4 Å². The van der Waals surface area contributed by atoms with E-state index in [2.05, 4.69) is 10.6 Å². The molecule has 0 fully saturated rings. The molecule has 37 heavy (non-hydrogen) atoms. The van der Waals surface area contributed by atoms with E-state index in [0.717, 1.165) is 22.0 Å². The molecule has 0 heterocycles. The molecule has 0 spiro atoms. The summed E-state index contributed by atoms with van der Waals surface area (Å²) in [6.45, 7) is 8.23. The van der Waals surface area contributed by atoms with Gasteiger partial charge >= 0.3 is 5.97 Å². The Kier molecular flexibility index (Phi) is 8.72. The number of nitrogens with one attached hydrogen (secondary N) is 1. The monoisotopic (exact) mass is 522 g/mol. The first-order valence-electron chi connectivity index (χ1n) is 12.0. The van der Waals surface area contributed by atoms with Crippen molar-refractivity contribution in [1.29, 1.82) is 0 Å². The number of methoxy groups -OCH3 is 2. The van der Waals surface area contributed by atoms with Crippen LogP contribution in [-0.4, -0.2) is 41.7 Å². The first-order valence-corrected chi connectivity index (χ1v) is 13.5. The Morgan fingerprint density at radius 1 is 1.08 bits per heavy atom. The Balaban J connectivity index is 2.05. The van der Waals surface area contributed by atoms with Crippen LogP contribution < -0.4 is 14.4 Å². The topological polar surface area (TPSA) is 84.9 Å². The molecule has 0 saturated heterocycles. The third-order valence-electron chi connectivity index (χ3n) is 6.51. The van der Waals surface area contributed by atoms with Crippen molar-refractivity contribution in [2.45, 2.75) is 39.0 Å². The van der Waals surface area contributed by atoms with Crippen molar-refractivity contribution < 1.29 is 22.7 Å². The molecule has 3 rings (SSSR count). The fourth-order valence-corrected chi connectivity index (χ4v) is 6.27. The number of fused-ring (bicyclic) bond motifs is 1. The number of esters is 1. The van der Waals surface area contributed by atoms with Gasteiger partial charge in [0.1, 0.15) is 5.75 Å². The smallest absolute Gasteiger partial charge is 0.305 e. The van der Waals surface area contributed by atoms with Crippen LogP contribution in [0.1, 0.15) is 30.0 Å². The van der Waals surface area contributed by atoms with E-state index in [-0.39, 0.29) is 23.2 Å². The number of aryl methyl sites for hydroxylation is 1. The van der Waals surface area contributed by atoms with E-state index in [9.17, 15) is 13.2 Å². The molecule has 0 aliphatic heterocycles. The van der Waals surface area contributed by atoms with Crippen LogP contribution in [0.25, 0.3) is 10.8 Å². The largest absolute Gasteiger partial charge is 0.496 e. The number of sulfonamides is 1. The van der Waals surface area contributed by atoms with Crippen molar-refractivity contribution in [3.05, 3.63) is 59.2 Å². The highest BCUT2D eigenvalue weighted by Crippen LogP contribution is 2.36. The Hall–Kier alpha value is -3.70. The number of rotatable bonds is 10. The van der Waals surface area contributed by atoms with Gasteiger partial charge in [-0.15, -0.1) is 6.42 Å². The second-order valence-corrected chi connectivity index (χ2v) is 10.8. The number of hydrogen-bond acceptors (Lipinski definition) is 6. The SMILES string of the molecule is C#CCN(C[C@@H](C)CC(=O)OC)c1ccc(NS(=O)(=O)c2c(C)cc(OC)c(C)c2C)c2ccccc12. The number of ether oxygens (including phenoxy) is 2. The van der Waals surface area contributed by atoms with Gasteiger partial charge in [-0.05, 0) is 61.6 Å². The van der Waals surface area contributed by atoms with Crippen LogP contribution in [0.4, 0.5) is 11.4 Å². The van der Waals surface area contributed by atoms with Gasteiger partial charge in [-0.25, -0.2) is 8.42 Å². The number of carbonyl (C=O) groups excluding carboxylic acids is 1. The molecule has 0 radical (unpaired) electrons. The molecular formula is C29H34N2O5S. The molecule has 1 atom stereocenters. The molecule has 3 aromatic carbocycles. The summed E-state index contributed by atoms with van der Waals surface area (Å²) in [6.07, 6.45) is 5.94. The second-order valence-electron chi connectivity index (χ2n) is 9.23. The van der Waals surface area contributed by atoms with Crippen molar-refractivity contribution in [2.75, 3.05) is 36.9 Å². The average Bonchev–Trinajstić information content (AvgIpc) is 2.85. The van der Waals surface area contributed by atoms with Gasteiger partial charge in [-0.2, -0.15) is 0 Å². The maximum atomic E-state index is 13.6. The Bertz CT molecular complexity index is 1460. The minimum atomic E-state index is -3.90. The van der Waals surface area contributed by atoms with Crippen LogP contribution in [0.5, 0.6) is 5.75 Å². The van der Waals surface area contributed by atoms with Gasteiger partial charge in [0, 0.05) is 29.4 Å². The zero-order chi connectivity index (χ0) is 27.3. The van der Waals surface area contributed by atoms with Crippen LogP contribution in [0.3, 0.4) is 0 Å². The van der Waals surface area contributed by atoms with Gasteiger partial charge < -0.3 is 14.4 Å². The van der Waals surface area contributed by atoms with E-state index < -0.39 is 10.0 Å². The fraction of sp³-hybridized carbons (Fsp3) is 0.345. The maximum Gasteiger partial charge on any atom is 0.305 e. The van der Waals surface area contributed by atoms with Crippen LogP contribution >= 0.6 is 0 Å². The van der Waals surface area contributed by atoms with Crippen LogP contribution in [0, 0.1) is 39.0 Å². The molecule has 0 amide bonds. The zero-order valence-electron chi connectivity index (χ0n) is 22.2. The first-order chi connectivity index (χ1) is 17.5. The first kappa shape index (κ1) is 27.9. The van der Waals surface area contributed by atoms with Crippen molar-refractivity contribution in [3.8, 4) is 18.1 Å². The lowest BCUT2D eigenvalue weighted by atomic mass is 10.0. The maximum absolute atomic E-state index is 13.6. The van der Waals surface area contributed by atoms with E-state index in [1.54, 1.807) is 33.1 Å². The normalized spacial score (nSPS) is 12.0. The van der Waals surface area contributed by atoms with Gasteiger partial charge in [-0.3, -0.25) is 9.52 Å². The van der Waals surface area contributed by atoms with Crippen molar-refractivity contribution in [2.24, 2.45) is 5.92 Å². The van der Waals surface area contributed by atoms with E-state index >= 15 is 0 Å². The molecule has 0 unspecified atom stereocenters. The van der Waals surface area contributed by atoms with Gasteiger partial charge in [0.05, 0.1) is 31.3 Å². The molecule has 0 aromatic heterocycles. The molecule has 3 aromatic rings. The van der Waals surface area contributed by atoms with E-state index in [1.165, 1.54) is 7.11 Å². The predicted molar refractivity (Wildman–Crippen MR) is 149 cm³/mol. The summed E-state index contributed by atoms with van der Waals surface area (Å²) in [5, 5.41) is 1.59. The molecule has 7 nitrogen and oxygen atoms in total. The summed E-state index contributed by atoms with van der Waals surface area (Å²) >= 11 is 0. The average molecular weight is 523 g/mol. The quantitative estimate of drug-likeness (QED) is 0.291. The summed E-state index contributed by atoms with van der Waals surface area (Å²) in [6, 6.07) is 12.9. The van der Waals surface area contributed by atoms with E-state index in [4.69, 9.17) is 15.9 Å². The van der Waals surface area contributed by atoms with Gasteiger partial charge in [-0.1, -0.05) is 37.1 Å². The lowest BCUT2D eigenvalue weighted by Crippen LogP contribution is -2.30. The van der Waals surface area contributed by atoms with Crippen LogP contribution in [-0.2, 0) is 19.6 Å². The van der Waals surface area contributed by atoms with E-state index in [0.29, 0.717) is 35.7 Å². The molecule has 1 N–H and O–H groups in total. The minimum absolute atomic E-state index is 0.00186. The van der Waals surface area contributed by atoms with Gasteiger partial charge in [0.2, 0.25) is 0 Å². The summed E-state index contributed by atoms with van der Waals surface area (Å²) in [5.74, 6) is 3.07. The number of terminal acetylenes is 1. The lowest BCUT2D eigenvalue weighted by Gasteiger charge is -2.27. The highest BCUT2D eigenvalue weighted by Gasteiger charge is 2.24. The Morgan fingerprint density at radius 3 is 2.38 bits per heavy atom. The van der Waals surface area contributed by atoms with Crippen molar-refractivity contribution in [3.63, 3.8) is 0 Å². The molecule has 196 valence electrons. The van der Waals surface area contributed by atoms with Gasteiger partial charge in [0.15, 0.2) is 0 Å². The molecule has 0 aliphatic rings. The molecule has 0 bridgehead atoms. The van der Waals surface area contributed by atoms with Crippen molar-refractivity contribution >= 4 is 38.1 Å². The summed E-state index contributed by atoms with van der Waals surface area (Å²) in [5.41, 5.74) is 3.36. The highest BCUT2D eigenvalue weighted by atomic mass is 32.2. The molecule has 8 heteroatoms. The second kappa shape index (κ2) is 11.6. The molecule has 0 saturated carbocycles. The summed E-state index contributed by atoms with van der Waals surface area (Å²) < 4.78 is 40.2. The third-order valence-corrected chi connectivity index (χ3v) is 8.16. The number of anilines is 2. The summed E-state index contributed by atoms with van der Waals surface area (Å²) in [4.78, 5) is 14.0. The molecule has 0 aliphatic carbocycles. The molecular weight excluding hydrogens is 488 g/mol. The number of benzene rings is 3. The Morgan fingerprint density at radius 2 is 1.76 bits per heavy atom. The van der Waals surface area contributed by atoms with Crippen LogP contribution in [0.2, 0.25) is 0 Å². The number of nitrogens with zero attached hydrogens (tertiary/aromatic N) is 1. The fourth-order valence-electron chi connectivity index (χ4n) is 4.66. The lowest BCUT2D eigenvalue weighted by molar-refractivity contribution is -0.141. The number of hydrogen-bond donors (Lipinski definition) is 1. The standard InChI is InChI=1S/C29H34N2O5S/c1-8-15-31(18-19(2)16-28(32)36-7)26-14-13-25(23-11-9-10-12-24(23)26)30-37(33,34)29-20(3)17-27(35-6)21(4)22(29)5/h1,9-14,17,19,30H,15-16,18H2,2-7H3/t19-/m0/s1. The van der Waals surface area contributed by atoms with Gasteiger partial charge in [0.25, 0.3) is 10.0 Å². The van der Waals surface area contributed by atoms with Crippen molar-refractivity contribution in [1.82, 2.24) is 0 Å². The zero-order valence-corrected chi connectivity index (χ0v) is 23.0. The third kappa shape index (κ3) is 6.00. The highest BCUT2D eigenvalue weighted by molar-refractivity contribution is 7.92. The summed E-state index contributed by atoms with van der Waals surface area (Å²) in [7, 11) is -0.952.